The van der Waals surface area contributed by atoms with E-state index in [0.29, 0.717) is 17.1 Å². The average Bonchev–Trinajstić information content (AvgIpc) is 4.15. The van der Waals surface area contributed by atoms with Crippen LogP contribution in [0.2, 0.25) is 0 Å². The second kappa shape index (κ2) is 28.8. The van der Waals surface area contributed by atoms with E-state index in [1.54, 1.807) is 53.5 Å². The van der Waals surface area contributed by atoms with E-state index < -0.39 is 0 Å². The van der Waals surface area contributed by atoms with E-state index in [4.69, 9.17) is 24.9 Å². The number of benzene rings is 6. The first-order valence-electron chi connectivity index (χ1n) is 29.0. The van der Waals surface area contributed by atoms with Crippen LogP contribution in [0.3, 0.4) is 0 Å². The van der Waals surface area contributed by atoms with Crippen molar-refractivity contribution in [2.45, 2.75) is 84.8 Å². The fourth-order valence-electron chi connectivity index (χ4n) is 11.2. The number of para-hydroxylation sites is 1. The standard InChI is InChI=1S/C16H17NO.C12H15N.C12H13N.C12H12O3.C7H6N2O.C7H10.C5H6NO/c1-11-6-7-13-10-12-4-2-8-17-9-3-5-14(15(12)17)16(13)18-11;1-4-10-6-2-8-13-9-3-7-11(5-1)12(10)13;1-13(2)12-8-7-10-5-3-4-6-11(10)9-12;1-8-2-3-9-4-10(6-13)11(7-14)5-12(9)15-8;1-5-2-3-6-7(4-5)9-10-8-6;1-7-5-3-2-4-6-7;7-6-4-2-1-3-5-6/h6-7,10H,1-5,8-9H2;1,4-5H,2-3,6-9H2;3-9H,1-2H3;2-5,13-14H,1,6-7H2;2-4H,1H3;2-5,7H,6H2,1H3;1-5,7H/q;;;;;;+1. The summed E-state index contributed by atoms with van der Waals surface area (Å²) >= 11 is 0. The molecule has 12 heteroatoms. The fraction of sp³-hybridized carbons (Fsp3) is 0.282. The summed E-state index contributed by atoms with van der Waals surface area (Å²) in [5, 5.41) is 36.7. The van der Waals surface area contributed by atoms with Crippen molar-refractivity contribution in [3.05, 3.63) is 239 Å². The van der Waals surface area contributed by atoms with Gasteiger partial charge < -0.3 is 34.4 Å². The van der Waals surface area contributed by atoms with Gasteiger partial charge >= 0.3 is 0 Å². The van der Waals surface area contributed by atoms with E-state index in [-0.39, 0.29) is 13.2 Å². The Morgan fingerprint density at radius 2 is 1.25 bits per heavy atom. The van der Waals surface area contributed by atoms with Crippen LogP contribution in [0.25, 0.3) is 34.0 Å². The lowest BCUT2D eigenvalue weighted by molar-refractivity contribution is -0.904. The Morgan fingerprint density at radius 1 is 0.614 bits per heavy atom. The summed E-state index contributed by atoms with van der Waals surface area (Å²) in [4.78, 5) is 7.24. The topological polar surface area (TPSA) is 132 Å². The van der Waals surface area contributed by atoms with Crippen molar-refractivity contribution in [1.29, 1.82) is 0 Å². The molecule has 1 unspecified atom stereocenters. The molecule has 6 aromatic carbocycles. The van der Waals surface area contributed by atoms with Crippen molar-refractivity contribution in [3.63, 3.8) is 0 Å². The number of nitrogens with zero attached hydrogens (tertiary/aromatic N) is 6. The summed E-state index contributed by atoms with van der Waals surface area (Å²) in [6.07, 6.45) is 30.8. The van der Waals surface area contributed by atoms with E-state index >= 15 is 0 Å². The maximum atomic E-state index is 9.11. The quantitative estimate of drug-likeness (QED) is 0.115. The molecule has 8 aromatic rings. The molecule has 0 radical (unpaired) electrons. The number of hydrogen-bond acceptors (Lipinski definition) is 11. The molecule has 6 aliphatic heterocycles. The monoisotopic (exact) mass is 1110 g/mol. The number of aryl methyl sites for hydroxylation is 4. The molecule has 7 aliphatic rings. The first-order chi connectivity index (χ1) is 40.4. The van der Waals surface area contributed by atoms with Crippen molar-refractivity contribution in [2.75, 3.05) is 55.0 Å². The molecule has 0 fully saturated rings. The van der Waals surface area contributed by atoms with Gasteiger partial charge in [0, 0.05) is 90.9 Å². The van der Waals surface area contributed by atoms with Gasteiger partial charge in [0.25, 0.3) is 0 Å². The highest BCUT2D eigenvalue weighted by Crippen LogP contribution is 2.45. The first-order valence-corrected chi connectivity index (χ1v) is 29.0. The van der Waals surface area contributed by atoms with Crippen LogP contribution in [0.15, 0.2) is 193 Å². The number of ether oxygens (including phenoxy) is 2. The number of hydrogen-bond donors (Lipinski definition) is 3. The SMILES string of the molecule is C=C1C=Cc2cc(CO)c(CO)cc2O1.C=C1C=Cc2cc3c4c(c2O1)CCCN4CCC3.CC1C=CC=CC1.CN(C)c1ccc2ccccc2c1.Cc1ccc2nonc2c1.O[n+]1ccccc1.c1cc2c3c(c1)CCCN3CCC2. The van der Waals surface area contributed by atoms with Gasteiger partial charge in [0.15, 0.2) is 0 Å². The lowest BCUT2D eigenvalue weighted by Crippen LogP contribution is -2.34. The van der Waals surface area contributed by atoms with Crippen LogP contribution in [-0.2, 0) is 38.9 Å². The van der Waals surface area contributed by atoms with Crippen molar-refractivity contribution in [3.8, 4) is 11.5 Å². The van der Waals surface area contributed by atoms with Crippen LogP contribution in [0.1, 0.15) is 89.1 Å². The van der Waals surface area contributed by atoms with E-state index in [1.807, 2.05) is 49.4 Å². The van der Waals surface area contributed by atoms with Crippen LogP contribution in [-0.4, -0.2) is 66.0 Å². The molecule has 0 saturated heterocycles. The molecule has 0 saturated carbocycles. The lowest BCUT2D eigenvalue weighted by Gasteiger charge is -2.38. The van der Waals surface area contributed by atoms with Gasteiger partial charge in [-0.3, -0.25) is 5.21 Å². The van der Waals surface area contributed by atoms with E-state index in [2.05, 4.69) is 161 Å². The van der Waals surface area contributed by atoms with Gasteiger partial charge in [0.2, 0.25) is 12.4 Å². The normalized spacial score (nSPS) is 16.0. The van der Waals surface area contributed by atoms with Crippen molar-refractivity contribution >= 4 is 51.0 Å². The number of allylic oxidation sites excluding steroid dienone is 6. The summed E-state index contributed by atoms with van der Waals surface area (Å²) in [7, 11) is 4.12. The highest BCUT2D eigenvalue weighted by Gasteiger charge is 2.29. The largest absolute Gasteiger partial charge is 0.457 e. The van der Waals surface area contributed by atoms with Gasteiger partial charge in [0.1, 0.15) is 34.1 Å². The highest BCUT2D eigenvalue weighted by molar-refractivity contribution is 5.86. The minimum absolute atomic E-state index is 0.0854. The fourth-order valence-corrected chi connectivity index (χ4v) is 11.2. The Bertz CT molecular complexity index is 3610. The molecule has 0 bridgehead atoms. The zero-order valence-corrected chi connectivity index (χ0v) is 48.6. The molecular formula is C71H79N6O6+. The third kappa shape index (κ3) is 15.6. The zero-order chi connectivity index (χ0) is 58.1. The Balaban J connectivity index is 0.000000119. The Labute approximate surface area is 489 Å². The van der Waals surface area contributed by atoms with Gasteiger partial charge in [0.05, 0.1) is 13.2 Å². The smallest absolute Gasteiger partial charge is 0.222 e. The third-order valence-corrected chi connectivity index (χ3v) is 15.4. The van der Waals surface area contributed by atoms with Crippen LogP contribution in [0.4, 0.5) is 17.1 Å². The molecular weight excluding hydrogens is 1030 g/mol. The summed E-state index contributed by atoms with van der Waals surface area (Å²) < 4.78 is 16.8. The van der Waals surface area contributed by atoms with Crippen molar-refractivity contribution in [2.24, 2.45) is 5.92 Å². The average molecular weight is 1110 g/mol. The predicted molar refractivity (Wildman–Crippen MR) is 337 cm³/mol. The van der Waals surface area contributed by atoms with Gasteiger partial charge in [-0.25, -0.2) is 4.63 Å². The van der Waals surface area contributed by atoms with Crippen LogP contribution in [0, 0.1) is 12.8 Å². The van der Waals surface area contributed by atoms with Crippen molar-refractivity contribution < 1.29 is 34.3 Å². The van der Waals surface area contributed by atoms with Crippen LogP contribution in [0.5, 0.6) is 11.5 Å². The molecule has 8 heterocycles. The number of rotatable bonds is 3. The Morgan fingerprint density at radius 3 is 1.89 bits per heavy atom. The van der Waals surface area contributed by atoms with Gasteiger partial charge in [-0.1, -0.05) is 105 Å². The molecule has 0 amide bonds. The van der Waals surface area contributed by atoms with Gasteiger partial charge in [-0.2, -0.15) is 0 Å². The number of aliphatic hydroxyl groups is 2. The number of aliphatic hydroxyl groups excluding tert-OH is 2. The molecule has 1 atom stereocenters. The number of aromatic nitrogens is 3. The number of anilines is 3. The van der Waals surface area contributed by atoms with Gasteiger partial charge in [-0.15, -0.1) is 0 Å². The molecule has 12 nitrogen and oxygen atoms in total. The molecule has 83 heavy (non-hydrogen) atoms. The Kier molecular flexibility index (Phi) is 20.5. The molecule has 2 aromatic heterocycles. The summed E-state index contributed by atoms with van der Waals surface area (Å²) in [5.41, 5.74) is 16.7. The minimum atomic E-state index is -0.108. The summed E-state index contributed by atoms with van der Waals surface area (Å²) in [6.45, 7) is 16.6. The highest BCUT2D eigenvalue weighted by atomic mass is 16.6. The molecule has 0 spiro atoms. The molecule has 3 N–H and O–H groups in total. The predicted octanol–water partition coefficient (Wildman–Crippen LogP) is 14.1. The third-order valence-electron chi connectivity index (χ3n) is 15.4. The van der Waals surface area contributed by atoms with E-state index in [9.17, 15) is 0 Å². The number of pyridine rings is 1. The Hall–Kier alpha value is -8.71. The van der Waals surface area contributed by atoms with Gasteiger partial charge in [-0.05, 0) is 192 Å². The zero-order valence-electron chi connectivity index (χ0n) is 48.6. The first kappa shape index (κ1) is 58.9. The molecule has 428 valence electrons. The molecule has 15 rings (SSSR count). The summed E-state index contributed by atoms with van der Waals surface area (Å²) in [5.74, 6) is 3.83. The molecule has 1 aliphatic carbocycles. The lowest BCUT2D eigenvalue weighted by atomic mass is 9.88. The number of fused-ring (bicyclic) bond motifs is 5. The van der Waals surface area contributed by atoms with Crippen LogP contribution >= 0.6 is 0 Å². The second-order valence-corrected chi connectivity index (χ2v) is 21.8. The van der Waals surface area contributed by atoms with Crippen molar-refractivity contribution in [1.82, 2.24) is 10.3 Å². The minimum Gasteiger partial charge on any atom is -0.457 e. The second-order valence-electron chi connectivity index (χ2n) is 21.8. The van der Waals surface area contributed by atoms with Crippen LogP contribution < -0.4 is 28.9 Å². The maximum Gasteiger partial charge on any atom is 0.222 e. The maximum absolute atomic E-state index is 9.11. The summed E-state index contributed by atoms with van der Waals surface area (Å²) in [6, 6.07) is 38.7. The van der Waals surface area contributed by atoms with E-state index in [0.717, 1.165) is 50.7 Å². The van der Waals surface area contributed by atoms with E-state index in [1.165, 1.54) is 122 Å².